The molecule has 0 spiro atoms. The molecule has 6 heteroatoms. The Labute approximate surface area is 168 Å². The number of esters is 1. The van der Waals surface area contributed by atoms with Crippen LogP contribution in [0.2, 0.25) is 5.02 Å². The van der Waals surface area contributed by atoms with Crippen LogP contribution in [-0.4, -0.2) is 24.6 Å². The molecule has 1 atom stereocenters. The molecule has 1 amide bonds. The van der Waals surface area contributed by atoms with Gasteiger partial charge in [-0.15, -0.1) is 0 Å². The lowest BCUT2D eigenvalue weighted by Gasteiger charge is -2.16. The van der Waals surface area contributed by atoms with Crippen molar-refractivity contribution in [3.63, 3.8) is 0 Å². The van der Waals surface area contributed by atoms with Gasteiger partial charge in [-0.05, 0) is 55.0 Å². The van der Waals surface area contributed by atoms with E-state index < -0.39 is 12.1 Å². The van der Waals surface area contributed by atoms with E-state index in [1.54, 1.807) is 19.9 Å². The number of ether oxygens (including phenoxy) is 2. The van der Waals surface area contributed by atoms with Gasteiger partial charge in [-0.1, -0.05) is 41.9 Å². The van der Waals surface area contributed by atoms with Crippen molar-refractivity contribution in [2.75, 3.05) is 11.9 Å². The first-order valence-corrected chi connectivity index (χ1v) is 9.28. The zero-order valence-electron chi connectivity index (χ0n) is 15.6. The van der Waals surface area contributed by atoms with Crippen molar-refractivity contribution in [2.45, 2.75) is 20.0 Å². The fourth-order valence-corrected chi connectivity index (χ4v) is 2.91. The van der Waals surface area contributed by atoms with Gasteiger partial charge in [-0.3, -0.25) is 4.79 Å². The topological polar surface area (TPSA) is 64.6 Å². The van der Waals surface area contributed by atoms with Gasteiger partial charge in [0, 0.05) is 5.69 Å². The van der Waals surface area contributed by atoms with Crippen molar-refractivity contribution in [2.24, 2.45) is 0 Å². The lowest BCUT2D eigenvalue weighted by molar-refractivity contribution is -0.122. The number of rotatable bonds is 6. The molecule has 0 heterocycles. The molecule has 3 aromatic carbocycles. The molecular weight excluding hydrogens is 378 g/mol. The third-order valence-electron chi connectivity index (χ3n) is 4.13. The van der Waals surface area contributed by atoms with Gasteiger partial charge < -0.3 is 14.8 Å². The summed E-state index contributed by atoms with van der Waals surface area (Å²) in [5.41, 5.74) is 0.635. The van der Waals surface area contributed by atoms with Crippen LogP contribution >= 0.6 is 11.6 Å². The molecule has 0 bridgehead atoms. The van der Waals surface area contributed by atoms with Gasteiger partial charge in [0.2, 0.25) is 0 Å². The lowest BCUT2D eigenvalue weighted by atomic mass is 10.1. The third-order valence-corrected chi connectivity index (χ3v) is 4.46. The summed E-state index contributed by atoms with van der Waals surface area (Å²) in [7, 11) is 0. The molecule has 28 heavy (non-hydrogen) atoms. The Morgan fingerprint density at radius 2 is 1.79 bits per heavy atom. The second-order valence-corrected chi connectivity index (χ2v) is 6.58. The van der Waals surface area contributed by atoms with E-state index in [4.69, 9.17) is 21.1 Å². The largest absolute Gasteiger partial charge is 0.481 e. The number of carbonyl (C=O) groups is 2. The Hall–Kier alpha value is -3.05. The summed E-state index contributed by atoms with van der Waals surface area (Å²) in [6.45, 7) is 3.61. The molecule has 0 fully saturated rings. The monoisotopic (exact) mass is 397 g/mol. The SMILES string of the molecule is CCOC(=O)c1cc(NC(=O)[C@H](C)Oc2ccc3ccccc3c2)ccc1Cl. The van der Waals surface area contributed by atoms with Crippen molar-refractivity contribution in [3.8, 4) is 5.75 Å². The highest BCUT2D eigenvalue weighted by Crippen LogP contribution is 2.23. The van der Waals surface area contributed by atoms with Gasteiger partial charge in [0.1, 0.15) is 5.75 Å². The highest BCUT2D eigenvalue weighted by atomic mass is 35.5. The average Bonchev–Trinajstić information content (AvgIpc) is 2.69. The number of fused-ring (bicyclic) bond motifs is 1. The molecule has 3 aromatic rings. The number of benzene rings is 3. The number of hydrogen-bond donors (Lipinski definition) is 1. The third kappa shape index (κ3) is 4.61. The van der Waals surface area contributed by atoms with E-state index in [1.807, 2.05) is 42.5 Å². The Bertz CT molecular complexity index is 1020. The average molecular weight is 398 g/mol. The molecule has 0 saturated carbocycles. The molecule has 0 aliphatic rings. The number of carbonyl (C=O) groups excluding carboxylic acids is 2. The van der Waals surface area contributed by atoms with E-state index >= 15 is 0 Å². The maximum atomic E-state index is 12.5. The lowest BCUT2D eigenvalue weighted by Crippen LogP contribution is -2.30. The van der Waals surface area contributed by atoms with Crippen LogP contribution in [0.15, 0.2) is 60.7 Å². The second-order valence-electron chi connectivity index (χ2n) is 6.17. The van der Waals surface area contributed by atoms with Crippen molar-refractivity contribution >= 4 is 39.9 Å². The molecule has 1 N–H and O–H groups in total. The first-order valence-electron chi connectivity index (χ1n) is 8.91. The fourth-order valence-electron chi connectivity index (χ4n) is 2.71. The number of halogens is 1. The van der Waals surface area contributed by atoms with Crippen molar-refractivity contribution < 1.29 is 19.1 Å². The maximum absolute atomic E-state index is 12.5. The molecule has 3 rings (SSSR count). The predicted octanol–water partition coefficient (Wildman–Crippen LogP) is 5.08. The second kappa shape index (κ2) is 8.76. The minimum Gasteiger partial charge on any atom is -0.481 e. The van der Waals surface area contributed by atoms with E-state index in [0.717, 1.165) is 10.8 Å². The van der Waals surface area contributed by atoms with Crippen molar-refractivity contribution in [3.05, 3.63) is 71.2 Å². The normalized spacial score (nSPS) is 11.7. The van der Waals surface area contributed by atoms with Crippen molar-refractivity contribution in [1.82, 2.24) is 0 Å². The van der Waals surface area contributed by atoms with E-state index in [9.17, 15) is 9.59 Å². The summed E-state index contributed by atoms with van der Waals surface area (Å²) in [6, 6.07) is 18.2. The summed E-state index contributed by atoms with van der Waals surface area (Å²) in [5.74, 6) is -0.279. The van der Waals surface area contributed by atoms with Crippen LogP contribution in [-0.2, 0) is 9.53 Å². The minimum atomic E-state index is -0.733. The number of hydrogen-bond acceptors (Lipinski definition) is 4. The van der Waals surface area contributed by atoms with Crippen LogP contribution in [0.25, 0.3) is 10.8 Å². The zero-order valence-corrected chi connectivity index (χ0v) is 16.3. The quantitative estimate of drug-likeness (QED) is 0.589. The molecule has 0 aromatic heterocycles. The van der Waals surface area contributed by atoms with Crippen molar-refractivity contribution in [1.29, 1.82) is 0 Å². The van der Waals surface area contributed by atoms with Crippen LogP contribution < -0.4 is 10.1 Å². The highest BCUT2D eigenvalue weighted by molar-refractivity contribution is 6.33. The zero-order chi connectivity index (χ0) is 20.1. The van der Waals surface area contributed by atoms with Gasteiger partial charge >= 0.3 is 5.97 Å². The Kier molecular flexibility index (Phi) is 6.16. The van der Waals surface area contributed by atoms with Crippen LogP contribution in [0, 0.1) is 0 Å². The highest BCUT2D eigenvalue weighted by Gasteiger charge is 2.17. The Balaban J connectivity index is 1.69. The number of nitrogens with one attached hydrogen (secondary N) is 1. The van der Waals surface area contributed by atoms with Crippen LogP contribution in [0.5, 0.6) is 5.75 Å². The van der Waals surface area contributed by atoms with Crippen LogP contribution in [0.1, 0.15) is 24.2 Å². The molecular formula is C22H20ClNO4. The molecule has 0 aliphatic carbocycles. The maximum Gasteiger partial charge on any atom is 0.339 e. The Morgan fingerprint density at radius 3 is 2.54 bits per heavy atom. The summed E-state index contributed by atoms with van der Waals surface area (Å²) >= 11 is 6.04. The molecule has 0 saturated heterocycles. The Morgan fingerprint density at radius 1 is 1.04 bits per heavy atom. The van der Waals surface area contributed by atoms with Gasteiger partial charge in [0.05, 0.1) is 17.2 Å². The first kappa shape index (κ1) is 19.7. The summed E-state index contributed by atoms with van der Waals surface area (Å²) in [5, 5.41) is 5.12. The van der Waals surface area contributed by atoms with E-state index in [1.165, 1.54) is 12.1 Å². The van der Waals surface area contributed by atoms with E-state index in [-0.39, 0.29) is 23.1 Å². The molecule has 0 radical (unpaired) electrons. The summed E-state index contributed by atoms with van der Waals surface area (Å²) in [4.78, 5) is 24.4. The van der Waals surface area contributed by atoms with Gasteiger partial charge in [-0.25, -0.2) is 4.79 Å². The molecule has 0 unspecified atom stereocenters. The smallest absolute Gasteiger partial charge is 0.339 e. The number of anilines is 1. The fraction of sp³-hybridized carbons (Fsp3) is 0.182. The summed E-state index contributed by atoms with van der Waals surface area (Å²) in [6.07, 6.45) is -0.733. The van der Waals surface area contributed by atoms with E-state index in [2.05, 4.69) is 5.32 Å². The van der Waals surface area contributed by atoms with Gasteiger partial charge in [0.25, 0.3) is 5.91 Å². The molecule has 0 aliphatic heterocycles. The molecule has 5 nitrogen and oxygen atoms in total. The number of amides is 1. The minimum absolute atomic E-state index is 0.199. The van der Waals surface area contributed by atoms with Gasteiger partial charge in [0.15, 0.2) is 6.10 Å². The van der Waals surface area contributed by atoms with Gasteiger partial charge in [-0.2, -0.15) is 0 Å². The standard InChI is InChI=1S/C22H20ClNO4/c1-3-27-22(26)19-13-17(9-11-20(19)23)24-21(25)14(2)28-18-10-8-15-6-4-5-7-16(15)12-18/h4-14H,3H2,1-2H3,(H,24,25)/t14-/m0/s1. The van der Waals surface area contributed by atoms with Crippen LogP contribution in [0.4, 0.5) is 5.69 Å². The van der Waals surface area contributed by atoms with Crippen LogP contribution in [0.3, 0.4) is 0 Å². The molecule has 144 valence electrons. The van der Waals surface area contributed by atoms with E-state index in [0.29, 0.717) is 11.4 Å². The summed E-state index contributed by atoms with van der Waals surface area (Å²) < 4.78 is 10.7. The predicted molar refractivity (Wildman–Crippen MR) is 110 cm³/mol. The first-order chi connectivity index (χ1) is 13.5.